The average molecular weight is 333 g/mol. The van der Waals surface area contributed by atoms with Crippen LogP contribution in [0.1, 0.15) is 13.8 Å². The topological polar surface area (TPSA) is 55.8 Å². The van der Waals surface area contributed by atoms with Crippen LogP contribution >= 0.6 is 7.60 Å². The SMILES string of the molecule is CCOP(=O)(OCC)c1[se]c2ccccc2c1O. The molecular weight excluding hydrogens is 318 g/mol. The molecule has 0 fully saturated rings. The Labute approximate surface area is 112 Å². The van der Waals surface area contributed by atoms with E-state index in [0.29, 0.717) is 17.4 Å². The second-order valence-electron chi connectivity index (χ2n) is 3.58. The molecule has 1 aromatic carbocycles. The predicted molar refractivity (Wildman–Crippen MR) is 73.0 cm³/mol. The van der Waals surface area contributed by atoms with Crippen LogP contribution in [0.5, 0.6) is 5.75 Å². The molecule has 0 aliphatic rings. The van der Waals surface area contributed by atoms with Crippen molar-refractivity contribution in [1.29, 1.82) is 0 Å². The Balaban J connectivity index is 2.57. The van der Waals surface area contributed by atoms with Crippen LogP contribution in [0.4, 0.5) is 0 Å². The van der Waals surface area contributed by atoms with Crippen LogP contribution in [0.2, 0.25) is 0 Å². The second-order valence-corrected chi connectivity index (χ2v) is 8.43. The molecule has 6 heteroatoms. The summed E-state index contributed by atoms with van der Waals surface area (Å²) in [6, 6.07) is 7.51. The molecule has 0 bridgehead atoms. The van der Waals surface area contributed by atoms with Gasteiger partial charge in [0.2, 0.25) is 0 Å². The van der Waals surface area contributed by atoms with E-state index < -0.39 is 7.60 Å². The Morgan fingerprint density at radius 3 is 2.39 bits per heavy atom. The van der Waals surface area contributed by atoms with Crippen molar-refractivity contribution in [3.05, 3.63) is 24.3 Å². The molecule has 1 N–H and O–H groups in total. The van der Waals surface area contributed by atoms with Gasteiger partial charge in [0.25, 0.3) is 0 Å². The van der Waals surface area contributed by atoms with Gasteiger partial charge in [-0.2, -0.15) is 0 Å². The van der Waals surface area contributed by atoms with Gasteiger partial charge in [0.15, 0.2) is 0 Å². The number of hydrogen-bond donors (Lipinski definition) is 1. The molecule has 1 heterocycles. The van der Waals surface area contributed by atoms with Crippen LogP contribution in [-0.2, 0) is 13.6 Å². The van der Waals surface area contributed by atoms with Gasteiger partial charge >= 0.3 is 112 Å². The van der Waals surface area contributed by atoms with Crippen LogP contribution in [0.3, 0.4) is 0 Å². The molecule has 0 radical (unpaired) electrons. The molecule has 0 spiro atoms. The summed E-state index contributed by atoms with van der Waals surface area (Å²) >= 11 is -0.208. The van der Waals surface area contributed by atoms with Gasteiger partial charge in [-0.1, -0.05) is 0 Å². The van der Waals surface area contributed by atoms with Gasteiger partial charge in [0.05, 0.1) is 0 Å². The van der Waals surface area contributed by atoms with Crippen molar-refractivity contribution in [3.63, 3.8) is 0 Å². The zero-order chi connectivity index (χ0) is 13.2. The normalized spacial score (nSPS) is 12.1. The van der Waals surface area contributed by atoms with Gasteiger partial charge < -0.3 is 0 Å². The summed E-state index contributed by atoms with van der Waals surface area (Å²) in [5, 5.41) is 10.9. The van der Waals surface area contributed by atoms with Gasteiger partial charge in [0, 0.05) is 0 Å². The van der Waals surface area contributed by atoms with E-state index in [9.17, 15) is 9.67 Å². The summed E-state index contributed by atoms with van der Waals surface area (Å²) < 4.78 is 24.7. The van der Waals surface area contributed by atoms with E-state index in [2.05, 4.69) is 0 Å². The molecule has 0 saturated heterocycles. The summed E-state index contributed by atoms with van der Waals surface area (Å²) in [4.78, 5) is 0. The van der Waals surface area contributed by atoms with Crippen LogP contribution in [0.25, 0.3) is 9.65 Å². The third kappa shape index (κ3) is 2.42. The molecule has 0 aliphatic carbocycles. The summed E-state index contributed by atoms with van der Waals surface area (Å²) in [7, 11) is -3.35. The standard InChI is InChI=1S/C12H15O4PSe/c1-3-15-17(14,16-4-2)12-11(13)9-7-5-6-8-10(9)18-12/h5-8,13H,3-4H2,1-2H3. The third-order valence-electron chi connectivity index (χ3n) is 2.40. The predicted octanol–water partition coefficient (Wildman–Crippen LogP) is 2.49. The minimum atomic E-state index is -3.35. The second kappa shape index (κ2) is 5.60. The summed E-state index contributed by atoms with van der Waals surface area (Å²) in [6.45, 7) is 4.11. The van der Waals surface area contributed by atoms with Gasteiger partial charge in [-0.05, 0) is 0 Å². The number of hydrogen-bond acceptors (Lipinski definition) is 4. The number of aromatic hydroxyl groups is 1. The summed E-state index contributed by atoms with van der Waals surface area (Å²) in [5.74, 6) is 0.0656. The van der Waals surface area contributed by atoms with E-state index in [1.165, 1.54) is 0 Å². The van der Waals surface area contributed by atoms with Crippen molar-refractivity contribution in [2.75, 3.05) is 13.2 Å². The summed E-state index contributed by atoms with van der Waals surface area (Å²) in [6.07, 6.45) is 0. The minimum absolute atomic E-state index is 0.0656. The molecule has 2 rings (SSSR count). The number of fused-ring (bicyclic) bond motifs is 1. The molecule has 0 amide bonds. The molecule has 0 saturated carbocycles. The van der Waals surface area contributed by atoms with Crippen LogP contribution in [0.15, 0.2) is 24.3 Å². The molecule has 1 aromatic heterocycles. The zero-order valence-corrected chi connectivity index (χ0v) is 12.9. The van der Waals surface area contributed by atoms with E-state index in [4.69, 9.17) is 9.05 Å². The molecule has 4 nitrogen and oxygen atoms in total. The van der Waals surface area contributed by atoms with Crippen LogP contribution in [-0.4, -0.2) is 32.8 Å². The van der Waals surface area contributed by atoms with E-state index in [0.717, 1.165) is 9.65 Å². The third-order valence-corrected chi connectivity index (χ3v) is 8.21. The van der Waals surface area contributed by atoms with Crippen molar-refractivity contribution in [3.8, 4) is 5.75 Å². The number of benzene rings is 1. The van der Waals surface area contributed by atoms with Crippen molar-refractivity contribution in [2.45, 2.75) is 13.8 Å². The zero-order valence-electron chi connectivity index (χ0n) is 10.3. The van der Waals surface area contributed by atoms with Gasteiger partial charge in [-0.25, -0.2) is 0 Å². The van der Waals surface area contributed by atoms with Gasteiger partial charge in [-0.3, -0.25) is 0 Å². The Morgan fingerprint density at radius 1 is 1.22 bits per heavy atom. The quantitative estimate of drug-likeness (QED) is 0.675. The van der Waals surface area contributed by atoms with E-state index in [1.54, 1.807) is 13.8 Å². The van der Waals surface area contributed by atoms with Gasteiger partial charge in [0.1, 0.15) is 0 Å². The first kappa shape index (κ1) is 13.9. The van der Waals surface area contributed by atoms with Crippen molar-refractivity contribution in [2.24, 2.45) is 0 Å². The molecule has 18 heavy (non-hydrogen) atoms. The van der Waals surface area contributed by atoms with Crippen LogP contribution < -0.4 is 4.18 Å². The summed E-state index contributed by atoms with van der Waals surface area (Å²) in [5.41, 5.74) is 0. The van der Waals surface area contributed by atoms with Crippen LogP contribution in [0, 0.1) is 0 Å². The Morgan fingerprint density at radius 2 is 1.83 bits per heavy atom. The molecule has 0 atom stereocenters. The molecule has 0 aliphatic heterocycles. The van der Waals surface area contributed by atoms with Gasteiger partial charge in [-0.15, -0.1) is 0 Å². The Kier molecular flexibility index (Phi) is 4.31. The maximum absolute atomic E-state index is 12.6. The average Bonchev–Trinajstić information content (AvgIpc) is 2.69. The molecular formula is C12H15O4PSe. The fraction of sp³-hybridized carbons (Fsp3) is 0.333. The van der Waals surface area contributed by atoms with Crippen molar-refractivity contribution in [1.82, 2.24) is 0 Å². The van der Waals surface area contributed by atoms with E-state index in [-0.39, 0.29) is 20.3 Å². The van der Waals surface area contributed by atoms with E-state index >= 15 is 0 Å². The van der Waals surface area contributed by atoms with Crippen molar-refractivity contribution >= 4 is 35.9 Å². The fourth-order valence-electron chi connectivity index (χ4n) is 1.70. The molecule has 0 unspecified atom stereocenters. The first-order chi connectivity index (χ1) is 8.62. The Bertz CT molecular complexity index is 583. The molecule has 98 valence electrons. The van der Waals surface area contributed by atoms with E-state index in [1.807, 2.05) is 24.3 Å². The fourth-order valence-corrected chi connectivity index (χ4v) is 6.81. The first-order valence-corrected chi connectivity index (χ1v) is 8.98. The maximum atomic E-state index is 12.6. The molecule has 2 aromatic rings. The van der Waals surface area contributed by atoms with Crippen molar-refractivity contribution < 1.29 is 18.7 Å². The Hall–Kier alpha value is -0.571. The monoisotopic (exact) mass is 334 g/mol. The first-order valence-electron chi connectivity index (χ1n) is 5.72. The number of rotatable bonds is 5.